The Labute approximate surface area is 303 Å². The predicted octanol–water partition coefficient (Wildman–Crippen LogP) is 7.33. The molecule has 0 unspecified atom stereocenters. The molecule has 2 aliphatic heterocycles. The standard InChI is InChI=1S/C36H33F3N6O4S.ClH/c1-42(35(50)41-26-6-4-25(5-7-26)36(37,38)39)27-8-12-33(40-20-27)49-28-9-10-29-24(18-28)19-30(43(29)2)34(46)45-15-13-44(14-16-45)21-23-3-11-31-32(17-23)48-22-47-31;/h3-12,17-20H,13-16,21-22H2,1-2H3,(H,41,50);1H. The van der Waals surface area contributed by atoms with Gasteiger partial charge in [0.05, 0.1) is 17.4 Å². The maximum atomic E-state index is 13.6. The molecule has 3 aromatic carbocycles. The van der Waals surface area contributed by atoms with Crippen LogP contribution in [0.25, 0.3) is 10.9 Å². The van der Waals surface area contributed by atoms with Gasteiger partial charge < -0.3 is 33.9 Å². The molecule has 266 valence electrons. The number of benzene rings is 3. The van der Waals surface area contributed by atoms with Gasteiger partial charge in [0.25, 0.3) is 5.91 Å². The molecule has 1 saturated heterocycles. The van der Waals surface area contributed by atoms with Crippen LogP contribution in [-0.4, -0.2) is 70.4 Å². The first kappa shape index (κ1) is 35.8. The molecule has 1 N–H and O–H groups in total. The highest BCUT2D eigenvalue weighted by Crippen LogP contribution is 2.33. The number of amides is 1. The second-order valence-electron chi connectivity index (χ2n) is 12.1. The number of nitrogens with one attached hydrogen (secondary N) is 1. The van der Waals surface area contributed by atoms with Crippen LogP contribution in [0.4, 0.5) is 24.5 Å². The fourth-order valence-corrected chi connectivity index (χ4v) is 6.21. The van der Waals surface area contributed by atoms with E-state index in [1.54, 1.807) is 30.3 Å². The van der Waals surface area contributed by atoms with E-state index in [9.17, 15) is 18.0 Å². The minimum Gasteiger partial charge on any atom is -0.454 e. The largest absolute Gasteiger partial charge is 0.454 e. The van der Waals surface area contributed by atoms with E-state index in [2.05, 4.69) is 21.3 Å². The molecule has 1 amide bonds. The molecule has 0 spiro atoms. The Kier molecular flexibility index (Phi) is 10.3. The first-order valence-electron chi connectivity index (χ1n) is 15.9. The van der Waals surface area contributed by atoms with Gasteiger partial charge in [0, 0.05) is 69.5 Å². The molecule has 2 aliphatic rings. The number of piperazine rings is 1. The van der Waals surface area contributed by atoms with Gasteiger partial charge in [0.1, 0.15) is 11.4 Å². The lowest BCUT2D eigenvalue weighted by Gasteiger charge is -2.34. The normalized spacial score (nSPS) is 14.3. The van der Waals surface area contributed by atoms with Gasteiger partial charge in [0.15, 0.2) is 16.6 Å². The van der Waals surface area contributed by atoms with Gasteiger partial charge in [-0.1, -0.05) is 6.07 Å². The number of nitrogens with zero attached hydrogens (tertiary/aromatic N) is 5. The van der Waals surface area contributed by atoms with Gasteiger partial charge in [-0.2, -0.15) is 13.2 Å². The van der Waals surface area contributed by atoms with Gasteiger partial charge in [-0.15, -0.1) is 12.4 Å². The molecule has 0 aliphatic carbocycles. The molecule has 4 heterocycles. The summed E-state index contributed by atoms with van der Waals surface area (Å²) in [7, 11) is 3.61. The molecule has 51 heavy (non-hydrogen) atoms. The minimum absolute atomic E-state index is 0. The fraction of sp³-hybridized carbons (Fsp3) is 0.250. The number of pyridine rings is 1. The Morgan fingerprint density at radius 1 is 0.961 bits per heavy atom. The Balaban J connectivity index is 0.00000448. The third kappa shape index (κ3) is 7.82. The fourth-order valence-electron chi connectivity index (χ4n) is 5.98. The number of carbonyl (C=O) groups is 1. The summed E-state index contributed by atoms with van der Waals surface area (Å²) in [6.45, 7) is 3.83. The lowest BCUT2D eigenvalue weighted by Crippen LogP contribution is -2.48. The van der Waals surface area contributed by atoms with Crippen LogP contribution in [0.1, 0.15) is 21.6 Å². The van der Waals surface area contributed by atoms with Crippen LogP contribution in [0.2, 0.25) is 0 Å². The highest BCUT2D eigenvalue weighted by molar-refractivity contribution is 7.80. The monoisotopic (exact) mass is 738 g/mol. The lowest BCUT2D eigenvalue weighted by atomic mass is 10.1. The number of anilines is 2. The second kappa shape index (κ2) is 14.7. The van der Waals surface area contributed by atoms with Crippen LogP contribution in [-0.2, 0) is 19.8 Å². The van der Waals surface area contributed by atoms with Crippen molar-refractivity contribution in [3.05, 3.63) is 102 Å². The summed E-state index contributed by atoms with van der Waals surface area (Å²) >= 11 is 5.44. The maximum Gasteiger partial charge on any atom is 0.416 e. The number of rotatable bonds is 7. The Morgan fingerprint density at radius 2 is 1.71 bits per heavy atom. The molecule has 15 heteroatoms. The zero-order chi connectivity index (χ0) is 35.0. The topological polar surface area (TPSA) is 84.3 Å². The van der Waals surface area contributed by atoms with Crippen LogP contribution in [0.3, 0.4) is 0 Å². The first-order chi connectivity index (χ1) is 24.0. The molecule has 10 nitrogen and oxygen atoms in total. The highest BCUT2D eigenvalue weighted by Gasteiger charge is 2.30. The number of aromatic nitrogens is 2. The van der Waals surface area contributed by atoms with E-state index in [0.29, 0.717) is 41.8 Å². The van der Waals surface area contributed by atoms with Crippen molar-refractivity contribution >= 4 is 57.9 Å². The van der Waals surface area contributed by atoms with Crippen LogP contribution < -0.4 is 24.4 Å². The second-order valence-corrected chi connectivity index (χ2v) is 12.5. The number of hydrogen-bond donors (Lipinski definition) is 1. The van der Waals surface area contributed by atoms with Crippen molar-refractivity contribution in [2.45, 2.75) is 12.7 Å². The SMILES string of the molecule is CN(C(=S)Nc1ccc(C(F)(F)F)cc1)c1ccc(Oc2ccc3c(c2)cc(C(=O)N2CCN(Cc4ccc5c(c4)OCO5)CC2)n3C)nc1.Cl. The van der Waals surface area contributed by atoms with Crippen LogP contribution in [0.5, 0.6) is 23.1 Å². The quantitative estimate of drug-likeness (QED) is 0.173. The zero-order valence-electron chi connectivity index (χ0n) is 27.6. The molecule has 2 aromatic heterocycles. The number of fused-ring (bicyclic) bond motifs is 2. The van der Waals surface area contributed by atoms with Crippen molar-refractivity contribution < 1.29 is 32.2 Å². The summed E-state index contributed by atoms with van der Waals surface area (Å²) in [4.78, 5) is 23.9. The van der Waals surface area contributed by atoms with Gasteiger partial charge >= 0.3 is 6.18 Å². The molecular formula is C36H34ClF3N6O4S. The van der Waals surface area contributed by atoms with Crippen LogP contribution in [0.15, 0.2) is 85.1 Å². The first-order valence-corrected chi connectivity index (χ1v) is 16.3. The van der Waals surface area contributed by atoms with Crippen molar-refractivity contribution in [3.63, 3.8) is 0 Å². The van der Waals surface area contributed by atoms with Crippen molar-refractivity contribution in [1.82, 2.24) is 19.4 Å². The maximum absolute atomic E-state index is 13.6. The summed E-state index contributed by atoms with van der Waals surface area (Å²) in [5, 5.41) is 4.08. The average molecular weight is 739 g/mol. The van der Waals surface area contributed by atoms with E-state index in [4.69, 9.17) is 26.4 Å². The zero-order valence-corrected chi connectivity index (χ0v) is 29.3. The van der Waals surface area contributed by atoms with E-state index in [0.717, 1.165) is 59.7 Å². The van der Waals surface area contributed by atoms with E-state index in [-0.39, 0.29) is 30.2 Å². The van der Waals surface area contributed by atoms with Crippen molar-refractivity contribution in [1.29, 1.82) is 0 Å². The average Bonchev–Trinajstić information content (AvgIpc) is 3.71. The number of hydrogen-bond acceptors (Lipinski definition) is 7. The number of halogens is 4. The molecule has 0 atom stereocenters. The summed E-state index contributed by atoms with van der Waals surface area (Å²) in [6, 6.07) is 21.6. The third-order valence-electron chi connectivity index (χ3n) is 8.83. The van der Waals surface area contributed by atoms with Gasteiger partial charge in [-0.05, 0) is 84.5 Å². The molecule has 7 rings (SSSR count). The van der Waals surface area contributed by atoms with E-state index in [1.807, 2.05) is 52.9 Å². The Bertz CT molecular complexity index is 2050. The molecule has 0 radical (unpaired) electrons. The van der Waals surface area contributed by atoms with Crippen molar-refractivity contribution in [2.75, 3.05) is 50.2 Å². The summed E-state index contributed by atoms with van der Waals surface area (Å²) < 4.78 is 57.5. The summed E-state index contributed by atoms with van der Waals surface area (Å²) in [6.07, 6.45) is -2.82. The number of aryl methyl sites for hydroxylation is 1. The lowest BCUT2D eigenvalue weighted by molar-refractivity contribution is -0.137. The smallest absolute Gasteiger partial charge is 0.416 e. The molecule has 1 fully saturated rings. The van der Waals surface area contributed by atoms with Gasteiger partial charge in [0.2, 0.25) is 12.7 Å². The third-order valence-corrected chi connectivity index (χ3v) is 9.21. The van der Waals surface area contributed by atoms with Gasteiger partial charge in [-0.3, -0.25) is 9.69 Å². The molecular weight excluding hydrogens is 705 g/mol. The molecule has 0 saturated carbocycles. The van der Waals surface area contributed by atoms with E-state index in [1.165, 1.54) is 12.1 Å². The van der Waals surface area contributed by atoms with E-state index >= 15 is 0 Å². The predicted molar refractivity (Wildman–Crippen MR) is 194 cm³/mol. The van der Waals surface area contributed by atoms with Gasteiger partial charge in [-0.25, -0.2) is 4.98 Å². The van der Waals surface area contributed by atoms with Crippen molar-refractivity contribution in [2.24, 2.45) is 7.05 Å². The van der Waals surface area contributed by atoms with Crippen LogP contribution >= 0.6 is 24.6 Å². The molecule has 5 aromatic rings. The van der Waals surface area contributed by atoms with Crippen LogP contribution in [0, 0.1) is 0 Å². The summed E-state index contributed by atoms with van der Waals surface area (Å²) in [5.74, 6) is 2.45. The summed E-state index contributed by atoms with van der Waals surface area (Å²) in [5.41, 5.74) is 3.00. The minimum atomic E-state index is -4.41. The number of ether oxygens (including phenoxy) is 3. The number of thiocarbonyl (C=S) groups is 1. The van der Waals surface area contributed by atoms with E-state index < -0.39 is 11.7 Å². The highest BCUT2D eigenvalue weighted by atomic mass is 35.5. The number of alkyl halides is 3. The number of carbonyl (C=O) groups excluding carboxylic acids is 1. The Hall–Kier alpha value is -5.05. The Morgan fingerprint density at radius 3 is 2.41 bits per heavy atom. The molecule has 0 bridgehead atoms. The van der Waals surface area contributed by atoms with Crippen molar-refractivity contribution in [3.8, 4) is 23.1 Å².